The molecule has 2 aromatic heterocycles. The van der Waals surface area contributed by atoms with Crippen LogP contribution in [0.2, 0.25) is 0 Å². The van der Waals surface area contributed by atoms with Gasteiger partial charge in [0.25, 0.3) is 0 Å². The molecular formula is C27H36N4O3. The topological polar surface area (TPSA) is 87.6 Å². The van der Waals surface area contributed by atoms with Crippen LogP contribution in [0.15, 0.2) is 36.7 Å². The summed E-state index contributed by atoms with van der Waals surface area (Å²) in [6.07, 6.45) is 13.5. The van der Waals surface area contributed by atoms with Gasteiger partial charge in [0.1, 0.15) is 11.9 Å². The number of nitrogens with one attached hydrogen (secondary N) is 1. The van der Waals surface area contributed by atoms with E-state index in [-0.39, 0.29) is 12.1 Å². The summed E-state index contributed by atoms with van der Waals surface area (Å²) in [5.41, 5.74) is 3.16. The molecule has 2 fully saturated rings. The van der Waals surface area contributed by atoms with Gasteiger partial charge in [-0.05, 0) is 82.5 Å². The lowest BCUT2D eigenvalue weighted by molar-refractivity contribution is -0.146. The third kappa shape index (κ3) is 5.26. The van der Waals surface area contributed by atoms with Crippen LogP contribution in [0.1, 0.15) is 80.1 Å². The van der Waals surface area contributed by atoms with Crippen molar-refractivity contribution in [3.63, 3.8) is 0 Å². The van der Waals surface area contributed by atoms with Crippen LogP contribution in [0, 0.1) is 0 Å². The second-order valence-electron chi connectivity index (χ2n) is 10.2. The average molecular weight is 465 g/mol. The van der Waals surface area contributed by atoms with Crippen molar-refractivity contribution in [3.8, 4) is 0 Å². The third-order valence-corrected chi connectivity index (χ3v) is 7.71. The maximum Gasteiger partial charge on any atom is 0.325 e. The molecule has 7 nitrogen and oxygen atoms in total. The molecule has 182 valence electrons. The number of rotatable bonds is 11. The smallest absolute Gasteiger partial charge is 0.325 e. The summed E-state index contributed by atoms with van der Waals surface area (Å²) in [5, 5.41) is 13.6. The van der Waals surface area contributed by atoms with Gasteiger partial charge in [-0.25, -0.2) is 4.98 Å². The van der Waals surface area contributed by atoms with Gasteiger partial charge < -0.3 is 15.2 Å². The van der Waals surface area contributed by atoms with E-state index >= 15 is 0 Å². The van der Waals surface area contributed by atoms with E-state index in [0.29, 0.717) is 12.0 Å². The summed E-state index contributed by atoms with van der Waals surface area (Å²) in [4.78, 5) is 23.2. The van der Waals surface area contributed by atoms with Gasteiger partial charge in [-0.3, -0.25) is 14.7 Å². The van der Waals surface area contributed by atoms with E-state index in [1.54, 1.807) is 6.20 Å². The van der Waals surface area contributed by atoms with Gasteiger partial charge in [-0.15, -0.1) is 0 Å². The largest absolute Gasteiger partial charge is 0.480 e. The number of nitrogens with zero attached hydrogens (tertiary/aromatic N) is 3. The van der Waals surface area contributed by atoms with E-state index in [2.05, 4.69) is 21.4 Å². The van der Waals surface area contributed by atoms with Crippen LogP contribution in [-0.4, -0.2) is 57.8 Å². The van der Waals surface area contributed by atoms with E-state index in [1.807, 2.05) is 36.3 Å². The molecule has 2 aromatic rings. The quantitative estimate of drug-likeness (QED) is 0.472. The zero-order valence-corrected chi connectivity index (χ0v) is 20.0. The zero-order chi connectivity index (χ0) is 23.5. The predicted octanol–water partition coefficient (Wildman–Crippen LogP) is 4.56. The highest BCUT2D eigenvalue weighted by Gasteiger charge is 2.40. The Morgan fingerprint density at radius 2 is 1.97 bits per heavy atom. The van der Waals surface area contributed by atoms with Crippen molar-refractivity contribution in [1.29, 1.82) is 0 Å². The Labute approximate surface area is 201 Å². The Balaban J connectivity index is 1.03. The molecule has 0 saturated heterocycles. The number of carbonyl (C=O) groups is 1. The van der Waals surface area contributed by atoms with Crippen molar-refractivity contribution in [1.82, 2.24) is 14.9 Å². The maximum atomic E-state index is 12.2. The van der Waals surface area contributed by atoms with Crippen molar-refractivity contribution in [2.24, 2.45) is 0 Å². The molecule has 7 heteroatoms. The summed E-state index contributed by atoms with van der Waals surface area (Å²) in [6.45, 7) is 0.777. The number of hydrogen-bond acceptors (Lipinski definition) is 6. The molecule has 0 amide bonds. The van der Waals surface area contributed by atoms with Gasteiger partial charge in [0.15, 0.2) is 0 Å². The minimum absolute atomic E-state index is 0.234. The van der Waals surface area contributed by atoms with Gasteiger partial charge in [0, 0.05) is 48.3 Å². The molecule has 2 N–H and O–H groups in total. The second kappa shape index (κ2) is 10.4. The average Bonchev–Trinajstić information content (AvgIpc) is 3.65. The van der Waals surface area contributed by atoms with Gasteiger partial charge >= 0.3 is 5.97 Å². The van der Waals surface area contributed by atoms with E-state index < -0.39 is 12.0 Å². The lowest BCUT2D eigenvalue weighted by Crippen LogP contribution is -2.49. The predicted molar refractivity (Wildman–Crippen MR) is 131 cm³/mol. The van der Waals surface area contributed by atoms with Crippen LogP contribution in [-0.2, 0) is 16.0 Å². The first-order valence-corrected chi connectivity index (χ1v) is 12.8. The Morgan fingerprint density at radius 1 is 1.18 bits per heavy atom. The fourth-order valence-corrected chi connectivity index (χ4v) is 5.43. The monoisotopic (exact) mass is 464 g/mol. The minimum Gasteiger partial charge on any atom is -0.480 e. The molecule has 0 radical (unpaired) electrons. The van der Waals surface area contributed by atoms with Crippen LogP contribution in [0.3, 0.4) is 0 Å². The van der Waals surface area contributed by atoms with Crippen LogP contribution in [0.25, 0.3) is 0 Å². The fraction of sp³-hybridized carbons (Fsp3) is 0.593. The summed E-state index contributed by atoms with van der Waals surface area (Å²) in [7, 11) is 1.94. The fourth-order valence-electron chi connectivity index (χ4n) is 5.43. The summed E-state index contributed by atoms with van der Waals surface area (Å²) in [6, 6.07) is 8.06. The number of likely N-dealkylation sites (N-methyl/N-ethyl adjacent to an activating group) is 1. The molecule has 0 spiro atoms. The summed E-state index contributed by atoms with van der Waals surface area (Å²) >= 11 is 0. The number of fused-ring (bicyclic) bond motifs is 1. The number of unbranched alkanes of at least 4 members (excludes halogenated alkanes) is 1. The molecule has 3 aliphatic rings. The Kier molecular flexibility index (Phi) is 7.11. The van der Waals surface area contributed by atoms with Crippen LogP contribution in [0.5, 0.6) is 0 Å². The van der Waals surface area contributed by atoms with Crippen LogP contribution < -0.4 is 5.32 Å². The minimum atomic E-state index is -0.795. The van der Waals surface area contributed by atoms with E-state index in [4.69, 9.17) is 4.74 Å². The first-order chi connectivity index (χ1) is 16.6. The van der Waals surface area contributed by atoms with Crippen molar-refractivity contribution >= 4 is 11.8 Å². The van der Waals surface area contributed by atoms with Crippen molar-refractivity contribution in [2.45, 2.75) is 87.9 Å². The number of pyridine rings is 2. The van der Waals surface area contributed by atoms with Gasteiger partial charge in [0.2, 0.25) is 0 Å². The lowest BCUT2D eigenvalue weighted by atomic mass is 9.86. The summed E-state index contributed by atoms with van der Waals surface area (Å²) in [5.74, 6) is 0.685. The molecule has 0 bridgehead atoms. The van der Waals surface area contributed by atoms with Gasteiger partial charge in [-0.1, -0.05) is 12.1 Å². The van der Waals surface area contributed by atoms with Crippen LogP contribution in [0.4, 0.5) is 5.82 Å². The highest BCUT2D eigenvalue weighted by molar-refractivity contribution is 5.76. The molecule has 2 atom stereocenters. The second-order valence-corrected chi connectivity index (χ2v) is 10.2. The maximum absolute atomic E-state index is 12.2. The van der Waals surface area contributed by atoms with Gasteiger partial charge in [-0.2, -0.15) is 0 Å². The highest BCUT2D eigenvalue weighted by Crippen LogP contribution is 2.43. The number of hydrogen-bond donors (Lipinski definition) is 2. The van der Waals surface area contributed by atoms with Crippen molar-refractivity contribution in [2.75, 3.05) is 19.0 Å². The van der Waals surface area contributed by atoms with Crippen LogP contribution >= 0.6 is 0 Å². The summed E-state index contributed by atoms with van der Waals surface area (Å²) < 4.78 is 6.10. The third-order valence-electron chi connectivity index (χ3n) is 7.71. The Hall–Kier alpha value is -2.51. The molecule has 0 unspecified atom stereocenters. The normalized spacial score (nSPS) is 24.7. The molecule has 3 heterocycles. The first-order valence-electron chi connectivity index (χ1n) is 12.8. The number of aliphatic carboxylic acids is 1. The molecular weight excluding hydrogens is 428 g/mol. The number of carboxylic acid groups (broad SMARTS) is 1. The Morgan fingerprint density at radius 3 is 2.76 bits per heavy atom. The van der Waals surface area contributed by atoms with Crippen molar-refractivity contribution in [3.05, 3.63) is 53.5 Å². The Bertz CT molecular complexity index is 989. The SMILES string of the molecule is CN(C1CC(OCCCC[C@H]2CCc3cccnc3N2)C1)[C@H](C(=O)O)c1cccnc1C1CC1. The standard InChI is InChI=1S/C27H36N4O3/c1-31(25(27(32)33)23-8-5-13-28-24(23)18-9-10-18)21-16-22(17-21)34-15-3-2-7-20-12-11-19-6-4-14-29-26(19)30-20/h4-6,8,13-14,18,20-22,25H,2-3,7,9-12,15-17H2,1H3,(H,29,30)(H,32,33)/t20-,21?,22?,25-/m0/s1. The highest BCUT2D eigenvalue weighted by atomic mass is 16.5. The van der Waals surface area contributed by atoms with E-state index in [0.717, 1.165) is 75.0 Å². The molecule has 34 heavy (non-hydrogen) atoms. The van der Waals surface area contributed by atoms with Crippen molar-refractivity contribution < 1.29 is 14.6 Å². The molecule has 2 saturated carbocycles. The number of carboxylic acids is 1. The molecule has 5 rings (SSSR count). The molecule has 2 aliphatic carbocycles. The number of aromatic nitrogens is 2. The van der Waals surface area contributed by atoms with E-state index in [1.165, 1.54) is 12.0 Å². The number of aryl methyl sites for hydroxylation is 1. The van der Waals surface area contributed by atoms with Gasteiger partial charge in [0.05, 0.1) is 6.10 Å². The lowest BCUT2D eigenvalue weighted by Gasteiger charge is -2.43. The number of anilines is 1. The number of ether oxygens (including phenoxy) is 1. The molecule has 0 aromatic carbocycles. The zero-order valence-electron chi connectivity index (χ0n) is 20.0. The first kappa shape index (κ1) is 23.2. The molecule has 1 aliphatic heterocycles. The van der Waals surface area contributed by atoms with E-state index in [9.17, 15) is 9.90 Å².